The van der Waals surface area contributed by atoms with E-state index in [2.05, 4.69) is 5.32 Å². The van der Waals surface area contributed by atoms with Crippen molar-refractivity contribution in [2.24, 2.45) is 5.73 Å². The number of hydrogen-bond donors (Lipinski definition) is 2. The fourth-order valence-electron chi connectivity index (χ4n) is 2.16. The van der Waals surface area contributed by atoms with E-state index in [9.17, 15) is 9.59 Å². The molecular formula is C14H18ClN3O3. The van der Waals surface area contributed by atoms with Gasteiger partial charge in [0.25, 0.3) is 0 Å². The topological polar surface area (TPSA) is 84.7 Å². The van der Waals surface area contributed by atoms with Crippen LogP contribution >= 0.6 is 11.6 Å². The Balaban J connectivity index is 1.92. The van der Waals surface area contributed by atoms with Gasteiger partial charge in [-0.3, -0.25) is 9.59 Å². The molecule has 1 aromatic carbocycles. The monoisotopic (exact) mass is 311 g/mol. The highest BCUT2D eigenvalue weighted by Gasteiger charge is 2.20. The molecule has 1 aliphatic rings. The maximum Gasteiger partial charge on any atom is 0.250 e. The van der Waals surface area contributed by atoms with Gasteiger partial charge in [-0.05, 0) is 25.1 Å². The number of benzene rings is 1. The van der Waals surface area contributed by atoms with E-state index in [-0.39, 0.29) is 29.1 Å². The van der Waals surface area contributed by atoms with Crippen LogP contribution in [-0.4, -0.2) is 49.1 Å². The van der Waals surface area contributed by atoms with Crippen molar-refractivity contribution in [1.82, 2.24) is 4.90 Å². The number of nitrogens with two attached hydrogens (primary N) is 1. The number of halogens is 1. The van der Waals surface area contributed by atoms with Gasteiger partial charge in [0.1, 0.15) is 0 Å². The number of primary amides is 1. The van der Waals surface area contributed by atoms with Gasteiger partial charge >= 0.3 is 0 Å². The first-order valence-corrected chi connectivity index (χ1v) is 7.08. The molecule has 0 saturated carbocycles. The van der Waals surface area contributed by atoms with Crippen molar-refractivity contribution in [2.45, 2.75) is 13.0 Å². The quantitative estimate of drug-likeness (QED) is 0.872. The van der Waals surface area contributed by atoms with E-state index in [1.54, 1.807) is 17.0 Å². The van der Waals surface area contributed by atoms with Crippen molar-refractivity contribution in [1.29, 1.82) is 0 Å². The second-order valence-electron chi connectivity index (χ2n) is 4.93. The fourth-order valence-corrected chi connectivity index (χ4v) is 2.43. The van der Waals surface area contributed by atoms with Gasteiger partial charge in [0.05, 0.1) is 29.8 Å². The van der Waals surface area contributed by atoms with Crippen LogP contribution in [0, 0.1) is 0 Å². The van der Waals surface area contributed by atoms with Crippen molar-refractivity contribution < 1.29 is 14.3 Å². The van der Waals surface area contributed by atoms with Gasteiger partial charge in [-0.1, -0.05) is 11.6 Å². The van der Waals surface area contributed by atoms with Crippen LogP contribution in [0.15, 0.2) is 18.2 Å². The van der Waals surface area contributed by atoms with Crippen LogP contribution < -0.4 is 11.1 Å². The molecule has 114 valence electrons. The third-order valence-corrected chi connectivity index (χ3v) is 3.58. The fraction of sp³-hybridized carbons (Fsp3) is 0.429. The molecule has 2 rings (SSSR count). The van der Waals surface area contributed by atoms with Gasteiger partial charge in [0.15, 0.2) is 0 Å². The number of anilines is 1. The van der Waals surface area contributed by atoms with E-state index in [4.69, 9.17) is 22.1 Å². The van der Waals surface area contributed by atoms with Crippen LogP contribution in [0.3, 0.4) is 0 Å². The zero-order chi connectivity index (χ0) is 15.4. The highest BCUT2D eigenvalue weighted by molar-refractivity contribution is 6.34. The van der Waals surface area contributed by atoms with Crippen molar-refractivity contribution in [2.75, 3.05) is 31.6 Å². The summed E-state index contributed by atoms with van der Waals surface area (Å²) in [5.74, 6) is -0.579. The molecule has 0 spiro atoms. The van der Waals surface area contributed by atoms with Gasteiger partial charge in [-0.15, -0.1) is 0 Å². The zero-order valence-corrected chi connectivity index (χ0v) is 12.5. The minimum absolute atomic E-state index is 0.000232. The van der Waals surface area contributed by atoms with Gasteiger partial charge in [0, 0.05) is 18.8 Å². The Bertz CT molecular complexity index is 550. The first-order valence-electron chi connectivity index (χ1n) is 6.70. The Labute approximate surface area is 128 Å². The Kier molecular flexibility index (Phi) is 5.03. The lowest BCUT2D eigenvalue weighted by Crippen LogP contribution is -2.46. The molecule has 1 aromatic rings. The summed E-state index contributed by atoms with van der Waals surface area (Å²) in [6, 6.07) is 4.78. The Morgan fingerprint density at radius 1 is 1.52 bits per heavy atom. The van der Waals surface area contributed by atoms with E-state index in [0.29, 0.717) is 25.4 Å². The molecule has 0 radical (unpaired) electrons. The zero-order valence-electron chi connectivity index (χ0n) is 11.8. The lowest BCUT2D eigenvalue weighted by Gasteiger charge is -2.31. The summed E-state index contributed by atoms with van der Waals surface area (Å²) in [5, 5.41) is 3.26. The summed E-state index contributed by atoms with van der Waals surface area (Å²) in [6.07, 6.45) is 0.0620. The molecule has 0 unspecified atom stereocenters. The van der Waals surface area contributed by atoms with Gasteiger partial charge in [-0.25, -0.2) is 0 Å². The number of carbonyl (C=O) groups is 2. The summed E-state index contributed by atoms with van der Waals surface area (Å²) >= 11 is 5.95. The van der Waals surface area contributed by atoms with Gasteiger partial charge in [0.2, 0.25) is 11.8 Å². The lowest BCUT2D eigenvalue weighted by molar-refractivity contribution is -0.136. The summed E-state index contributed by atoms with van der Waals surface area (Å²) < 4.78 is 5.40. The summed E-state index contributed by atoms with van der Waals surface area (Å²) in [4.78, 5) is 24.9. The molecule has 1 heterocycles. The average Bonchev–Trinajstić information content (AvgIpc) is 2.44. The minimum Gasteiger partial charge on any atom is -0.376 e. The lowest BCUT2D eigenvalue weighted by atomic mass is 10.2. The predicted octanol–water partition coefficient (Wildman–Crippen LogP) is 1.10. The van der Waals surface area contributed by atoms with Crippen LogP contribution in [0.4, 0.5) is 5.69 Å². The van der Waals surface area contributed by atoms with Gasteiger partial charge in [-0.2, -0.15) is 0 Å². The number of hydrogen-bond acceptors (Lipinski definition) is 4. The summed E-state index contributed by atoms with van der Waals surface area (Å²) in [5.41, 5.74) is 6.11. The predicted molar refractivity (Wildman–Crippen MR) is 80.5 cm³/mol. The number of nitrogens with one attached hydrogen (secondary N) is 1. The van der Waals surface area contributed by atoms with Crippen LogP contribution in [0.2, 0.25) is 5.02 Å². The van der Waals surface area contributed by atoms with Crippen molar-refractivity contribution in [3.63, 3.8) is 0 Å². The van der Waals surface area contributed by atoms with Crippen LogP contribution in [0.5, 0.6) is 0 Å². The number of rotatable bonds is 4. The molecule has 1 aliphatic heterocycles. The number of carbonyl (C=O) groups excluding carboxylic acids is 2. The highest BCUT2D eigenvalue weighted by atomic mass is 35.5. The molecule has 0 aliphatic carbocycles. The molecule has 1 fully saturated rings. The molecule has 3 N–H and O–H groups in total. The first kappa shape index (κ1) is 15.6. The number of amides is 2. The van der Waals surface area contributed by atoms with E-state index in [1.807, 2.05) is 6.92 Å². The number of morpholine rings is 1. The smallest absolute Gasteiger partial charge is 0.250 e. The molecule has 1 atom stereocenters. The average molecular weight is 312 g/mol. The maximum atomic E-state index is 12.1. The first-order chi connectivity index (χ1) is 9.97. The molecular weight excluding hydrogens is 294 g/mol. The second-order valence-corrected chi connectivity index (χ2v) is 5.34. The normalized spacial score (nSPS) is 18.4. The van der Waals surface area contributed by atoms with E-state index < -0.39 is 5.91 Å². The molecule has 6 nitrogen and oxygen atoms in total. The molecule has 0 bridgehead atoms. The maximum absolute atomic E-state index is 12.1. The minimum atomic E-state index is -0.579. The standard InChI is InChI=1S/C14H18ClN3O3/c1-9-8-18(4-5-21-9)13(19)7-17-10-2-3-11(14(16)20)12(15)6-10/h2-3,6,9,17H,4-5,7-8H2,1H3,(H2,16,20)/t9-/m0/s1. The molecule has 0 aromatic heterocycles. The Hall–Kier alpha value is -1.79. The highest BCUT2D eigenvalue weighted by Crippen LogP contribution is 2.20. The van der Waals surface area contributed by atoms with Crippen molar-refractivity contribution >= 4 is 29.1 Å². The van der Waals surface area contributed by atoms with Crippen molar-refractivity contribution in [3.8, 4) is 0 Å². The molecule has 2 amide bonds. The third-order valence-electron chi connectivity index (χ3n) is 3.27. The van der Waals surface area contributed by atoms with E-state index in [1.165, 1.54) is 6.07 Å². The van der Waals surface area contributed by atoms with Crippen LogP contribution in [0.25, 0.3) is 0 Å². The third kappa shape index (κ3) is 4.09. The summed E-state index contributed by atoms with van der Waals surface area (Å²) in [7, 11) is 0. The molecule has 21 heavy (non-hydrogen) atoms. The molecule has 1 saturated heterocycles. The second kappa shape index (κ2) is 6.78. The Morgan fingerprint density at radius 3 is 2.90 bits per heavy atom. The van der Waals surface area contributed by atoms with Crippen molar-refractivity contribution in [3.05, 3.63) is 28.8 Å². The van der Waals surface area contributed by atoms with Gasteiger partial charge < -0.3 is 20.7 Å². The van der Waals surface area contributed by atoms with Crippen LogP contribution in [0.1, 0.15) is 17.3 Å². The SMILES string of the molecule is C[C@H]1CN(C(=O)CNc2ccc(C(N)=O)c(Cl)c2)CCO1. The van der Waals surface area contributed by atoms with E-state index >= 15 is 0 Å². The van der Waals surface area contributed by atoms with E-state index in [0.717, 1.165) is 0 Å². The van der Waals surface area contributed by atoms with Crippen LogP contribution in [-0.2, 0) is 9.53 Å². The molecule has 7 heteroatoms. The summed E-state index contributed by atoms with van der Waals surface area (Å²) in [6.45, 7) is 3.87. The Morgan fingerprint density at radius 2 is 2.29 bits per heavy atom. The number of nitrogens with zero attached hydrogens (tertiary/aromatic N) is 1. The largest absolute Gasteiger partial charge is 0.376 e. The number of ether oxygens (including phenoxy) is 1.